The molecule has 0 atom stereocenters. The van der Waals surface area contributed by atoms with Crippen LogP contribution in [-0.2, 0) is 4.74 Å². The van der Waals surface area contributed by atoms with Gasteiger partial charge < -0.3 is 14.6 Å². The largest absolute Gasteiger partial charge is 0.465 e. The van der Waals surface area contributed by atoms with Gasteiger partial charge in [0.1, 0.15) is 5.75 Å². The van der Waals surface area contributed by atoms with Gasteiger partial charge in [0.2, 0.25) is 0 Å². The van der Waals surface area contributed by atoms with Gasteiger partial charge in [-0.25, -0.2) is 14.4 Å². The molecule has 0 fully saturated rings. The highest BCUT2D eigenvalue weighted by molar-refractivity contribution is 6.30. The van der Waals surface area contributed by atoms with E-state index in [1.807, 2.05) is 39.0 Å². The highest BCUT2D eigenvalue weighted by atomic mass is 35.5. The number of amides is 3. The highest BCUT2D eigenvalue weighted by Gasteiger charge is 2.17. The maximum absolute atomic E-state index is 11.8. The molecule has 0 spiro atoms. The van der Waals surface area contributed by atoms with Gasteiger partial charge in [-0.1, -0.05) is 35.9 Å². The molecule has 36 heavy (non-hydrogen) atoms. The van der Waals surface area contributed by atoms with Gasteiger partial charge in [0, 0.05) is 34.2 Å². The number of nitrogens with one attached hydrogen (secondary N) is 2. The summed E-state index contributed by atoms with van der Waals surface area (Å²) in [6, 6.07) is 20.5. The smallest absolute Gasteiger partial charge is 0.417 e. The van der Waals surface area contributed by atoms with E-state index in [4.69, 9.17) is 21.4 Å². The molecule has 9 nitrogen and oxygen atoms in total. The Balaban J connectivity index is 0.000000281. The number of carbonyl (C=O) groups is 3. The molecule has 0 unspecified atom stereocenters. The van der Waals surface area contributed by atoms with Crippen LogP contribution in [0.2, 0.25) is 5.02 Å². The van der Waals surface area contributed by atoms with Crippen molar-refractivity contribution < 1.29 is 29.0 Å². The predicted octanol–water partition coefficient (Wildman–Crippen LogP) is 7.02. The van der Waals surface area contributed by atoms with Crippen molar-refractivity contribution in [2.75, 3.05) is 22.6 Å². The molecule has 190 valence electrons. The van der Waals surface area contributed by atoms with Crippen molar-refractivity contribution in [2.24, 2.45) is 0 Å². The first-order valence-corrected chi connectivity index (χ1v) is 11.2. The Morgan fingerprint density at radius 1 is 0.889 bits per heavy atom. The molecule has 0 bridgehead atoms. The van der Waals surface area contributed by atoms with Gasteiger partial charge in [-0.2, -0.15) is 0 Å². The molecule has 0 radical (unpaired) electrons. The minimum Gasteiger partial charge on any atom is -0.465 e. The third-order valence-electron chi connectivity index (χ3n) is 4.55. The average molecular weight is 514 g/mol. The second kappa shape index (κ2) is 13.6. The van der Waals surface area contributed by atoms with Crippen molar-refractivity contribution in [2.45, 2.75) is 26.8 Å². The Labute approximate surface area is 214 Å². The lowest BCUT2D eigenvalue weighted by molar-refractivity contribution is 0.187. The second-order valence-corrected chi connectivity index (χ2v) is 8.19. The molecular weight excluding hydrogens is 486 g/mol. The van der Waals surface area contributed by atoms with E-state index in [2.05, 4.69) is 15.4 Å². The molecule has 3 amide bonds. The lowest BCUT2D eigenvalue weighted by atomic mass is 10.2. The molecule has 3 N–H and O–H groups in total. The predicted molar refractivity (Wildman–Crippen MR) is 140 cm³/mol. The number of anilines is 3. The first-order chi connectivity index (χ1) is 17.1. The Kier molecular flexibility index (Phi) is 10.6. The molecule has 3 aromatic rings. The van der Waals surface area contributed by atoms with Crippen molar-refractivity contribution in [1.82, 2.24) is 0 Å². The fourth-order valence-electron chi connectivity index (χ4n) is 3.03. The molecule has 0 aromatic heterocycles. The number of ether oxygens (including phenoxy) is 2. The van der Waals surface area contributed by atoms with E-state index in [1.54, 1.807) is 48.5 Å². The monoisotopic (exact) mass is 513 g/mol. The number of methoxy groups -OCH3 is 1. The minimum absolute atomic E-state index is 0.106. The summed E-state index contributed by atoms with van der Waals surface area (Å²) in [5, 5.41) is 14.6. The average Bonchev–Trinajstić information content (AvgIpc) is 2.79. The molecule has 0 aliphatic rings. The summed E-state index contributed by atoms with van der Waals surface area (Å²) in [5.74, 6) is 0.305. The zero-order valence-electron chi connectivity index (χ0n) is 20.3. The number of aryl methyl sites for hydroxylation is 1. The van der Waals surface area contributed by atoms with Gasteiger partial charge in [-0.15, -0.1) is 0 Å². The van der Waals surface area contributed by atoms with E-state index >= 15 is 0 Å². The summed E-state index contributed by atoms with van der Waals surface area (Å²) in [6.45, 7) is 5.56. The fourth-order valence-corrected chi connectivity index (χ4v) is 3.22. The van der Waals surface area contributed by atoms with E-state index in [0.29, 0.717) is 27.8 Å². The van der Waals surface area contributed by atoms with Crippen LogP contribution in [0.3, 0.4) is 0 Å². The van der Waals surface area contributed by atoms with Crippen molar-refractivity contribution in [1.29, 1.82) is 0 Å². The number of hydrogen-bond acceptors (Lipinski definition) is 5. The maximum Gasteiger partial charge on any atom is 0.417 e. The minimum atomic E-state index is -0.970. The summed E-state index contributed by atoms with van der Waals surface area (Å²) in [7, 11) is 1.27. The van der Waals surface area contributed by atoms with E-state index < -0.39 is 18.3 Å². The fraction of sp³-hybridized carbons (Fsp3) is 0.192. The van der Waals surface area contributed by atoms with E-state index in [-0.39, 0.29) is 6.04 Å². The molecule has 3 aromatic carbocycles. The SMILES string of the molecule is CC(C)N(C(=O)O)c1cccc(Cl)c1.COC(=O)Nc1cccc(OC(=O)Nc2cccc(C)c2)c1. The van der Waals surface area contributed by atoms with Crippen LogP contribution in [0.25, 0.3) is 0 Å². The molecular formula is C26H28ClN3O6. The van der Waals surface area contributed by atoms with Gasteiger partial charge in [-0.05, 0) is 68.8 Å². The summed E-state index contributed by atoms with van der Waals surface area (Å²) < 4.78 is 9.67. The van der Waals surface area contributed by atoms with Crippen molar-refractivity contribution in [3.05, 3.63) is 83.4 Å². The molecule has 0 heterocycles. The summed E-state index contributed by atoms with van der Waals surface area (Å²) in [6.07, 6.45) is -2.18. The van der Waals surface area contributed by atoms with Gasteiger partial charge in [0.05, 0.1) is 7.11 Å². The van der Waals surface area contributed by atoms with Crippen molar-refractivity contribution >= 4 is 46.9 Å². The number of carboxylic acid groups (broad SMARTS) is 1. The Morgan fingerprint density at radius 3 is 2.08 bits per heavy atom. The van der Waals surface area contributed by atoms with Gasteiger partial charge in [0.15, 0.2) is 0 Å². The number of halogens is 1. The molecule has 10 heteroatoms. The third kappa shape index (κ3) is 9.19. The van der Waals surface area contributed by atoms with Crippen LogP contribution in [0.5, 0.6) is 5.75 Å². The zero-order valence-corrected chi connectivity index (χ0v) is 21.1. The van der Waals surface area contributed by atoms with Gasteiger partial charge in [0.25, 0.3) is 0 Å². The summed E-state index contributed by atoms with van der Waals surface area (Å²) in [5.41, 5.74) is 2.74. The summed E-state index contributed by atoms with van der Waals surface area (Å²) >= 11 is 5.78. The Hall–Kier alpha value is -4.24. The number of carbonyl (C=O) groups excluding carboxylic acids is 2. The lowest BCUT2D eigenvalue weighted by Crippen LogP contribution is -2.35. The Morgan fingerprint density at radius 2 is 1.50 bits per heavy atom. The number of nitrogens with zero attached hydrogens (tertiary/aromatic N) is 1. The van der Waals surface area contributed by atoms with Crippen LogP contribution in [0.1, 0.15) is 19.4 Å². The molecule has 0 saturated carbocycles. The first kappa shape index (κ1) is 28.0. The molecule has 0 saturated heterocycles. The lowest BCUT2D eigenvalue weighted by Gasteiger charge is -2.23. The van der Waals surface area contributed by atoms with Crippen molar-refractivity contribution in [3.8, 4) is 5.75 Å². The van der Waals surface area contributed by atoms with Crippen LogP contribution in [-0.4, -0.2) is 36.5 Å². The molecule has 0 aliphatic carbocycles. The van der Waals surface area contributed by atoms with Gasteiger partial charge >= 0.3 is 18.3 Å². The zero-order chi connectivity index (χ0) is 26.7. The number of hydrogen-bond donors (Lipinski definition) is 3. The maximum atomic E-state index is 11.8. The molecule has 3 rings (SSSR count). The third-order valence-corrected chi connectivity index (χ3v) is 4.78. The Bertz CT molecular complexity index is 1200. The van der Waals surface area contributed by atoms with Gasteiger partial charge in [-0.3, -0.25) is 15.5 Å². The van der Waals surface area contributed by atoms with E-state index in [1.165, 1.54) is 18.1 Å². The summed E-state index contributed by atoms with van der Waals surface area (Å²) in [4.78, 5) is 35.2. The number of rotatable bonds is 5. The van der Waals surface area contributed by atoms with E-state index in [9.17, 15) is 14.4 Å². The van der Waals surface area contributed by atoms with Crippen LogP contribution < -0.4 is 20.3 Å². The first-order valence-electron chi connectivity index (χ1n) is 10.9. The van der Waals surface area contributed by atoms with Crippen LogP contribution in [0.4, 0.5) is 31.4 Å². The highest BCUT2D eigenvalue weighted by Crippen LogP contribution is 2.21. The number of benzene rings is 3. The van der Waals surface area contributed by atoms with Crippen LogP contribution >= 0.6 is 11.6 Å². The van der Waals surface area contributed by atoms with Crippen LogP contribution in [0.15, 0.2) is 72.8 Å². The van der Waals surface area contributed by atoms with Crippen molar-refractivity contribution in [3.63, 3.8) is 0 Å². The van der Waals surface area contributed by atoms with Crippen LogP contribution in [0, 0.1) is 6.92 Å². The topological polar surface area (TPSA) is 117 Å². The molecule has 0 aliphatic heterocycles. The second-order valence-electron chi connectivity index (χ2n) is 7.75. The normalized spacial score (nSPS) is 9.94. The quantitative estimate of drug-likeness (QED) is 0.337. The van der Waals surface area contributed by atoms with E-state index in [0.717, 1.165) is 5.56 Å². The standard InChI is InChI=1S/C16H16N2O4.C10H12ClNO2/c1-11-5-3-6-12(9-11)18-16(20)22-14-8-4-7-13(10-14)17-15(19)21-2;1-7(2)12(10(13)14)9-5-3-4-8(11)6-9/h3-10H,1-2H3,(H,17,19)(H,18,20);3-7H,1-2H3,(H,13,14).